The van der Waals surface area contributed by atoms with Crippen LogP contribution >= 0.6 is 0 Å². The van der Waals surface area contributed by atoms with Crippen molar-refractivity contribution < 1.29 is 9.47 Å². The van der Waals surface area contributed by atoms with E-state index in [0.717, 1.165) is 49.8 Å². The molecule has 0 spiro atoms. The minimum Gasteiger partial charge on any atom is -0.382 e. The third kappa shape index (κ3) is 4.19. The molecule has 1 saturated heterocycles. The standard InChI is InChI=1S/C22H33N3O3/c1-16-3-8-20-21(15-16)25(22(26)23-20)18-9-11-24(12-10-18)17-4-6-19(7-5-17)28-14-13-27-2/h3,8,15,17-19H,4-7,9-14H2,1-2H3,(H,23,26). The second-order valence-electron chi connectivity index (χ2n) is 8.38. The molecule has 154 valence electrons. The second-order valence-corrected chi connectivity index (χ2v) is 8.38. The van der Waals surface area contributed by atoms with E-state index in [9.17, 15) is 4.79 Å². The van der Waals surface area contributed by atoms with Crippen LogP contribution in [-0.2, 0) is 9.47 Å². The lowest BCUT2D eigenvalue weighted by atomic mass is 9.90. The van der Waals surface area contributed by atoms with E-state index in [1.807, 2.05) is 10.6 Å². The molecule has 6 nitrogen and oxygen atoms in total. The molecular weight excluding hydrogens is 354 g/mol. The SMILES string of the molecule is COCCOC1CCC(N2CCC(n3c(=O)[nH]c4ccc(C)cc43)CC2)CC1. The Labute approximate surface area is 166 Å². The lowest BCUT2D eigenvalue weighted by Crippen LogP contribution is -2.45. The number of H-pyrrole nitrogens is 1. The lowest BCUT2D eigenvalue weighted by molar-refractivity contribution is -0.0173. The van der Waals surface area contributed by atoms with Crippen LogP contribution in [0.25, 0.3) is 11.0 Å². The molecule has 0 radical (unpaired) electrons. The molecule has 2 fully saturated rings. The monoisotopic (exact) mass is 387 g/mol. The fourth-order valence-electron chi connectivity index (χ4n) is 4.98. The van der Waals surface area contributed by atoms with E-state index in [1.54, 1.807) is 7.11 Å². The van der Waals surface area contributed by atoms with Crippen molar-refractivity contribution in [2.75, 3.05) is 33.4 Å². The van der Waals surface area contributed by atoms with Gasteiger partial charge in [-0.3, -0.25) is 4.57 Å². The Balaban J connectivity index is 1.33. The number of likely N-dealkylation sites (tertiary alicyclic amines) is 1. The first-order valence-electron chi connectivity index (χ1n) is 10.7. The number of fused-ring (bicyclic) bond motifs is 1. The van der Waals surface area contributed by atoms with Crippen LogP contribution in [0.1, 0.15) is 50.1 Å². The molecule has 0 unspecified atom stereocenters. The molecule has 1 aliphatic carbocycles. The van der Waals surface area contributed by atoms with Crippen molar-refractivity contribution in [2.45, 2.75) is 63.6 Å². The van der Waals surface area contributed by atoms with Gasteiger partial charge in [0.1, 0.15) is 0 Å². The maximum Gasteiger partial charge on any atom is 0.326 e. The topological polar surface area (TPSA) is 59.5 Å². The van der Waals surface area contributed by atoms with Crippen molar-refractivity contribution in [3.8, 4) is 0 Å². The number of imidazole rings is 1. The Hall–Kier alpha value is -1.63. The predicted molar refractivity (Wildman–Crippen MR) is 111 cm³/mol. The molecule has 0 amide bonds. The lowest BCUT2D eigenvalue weighted by Gasteiger charge is -2.41. The Morgan fingerprint density at radius 2 is 1.79 bits per heavy atom. The summed E-state index contributed by atoms with van der Waals surface area (Å²) in [6.07, 6.45) is 7.22. The average Bonchev–Trinajstić information content (AvgIpc) is 3.04. The van der Waals surface area contributed by atoms with Crippen molar-refractivity contribution >= 4 is 11.0 Å². The molecule has 0 atom stereocenters. The van der Waals surface area contributed by atoms with Gasteiger partial charge in [0.15, 0.2) is 0 Å². The van der Waals surface area contributed by atoms with Gasteiger partial charge in [-0.2, -0.15) is 0 Å². The molecule has 0 bridgehead atoms. The van der Waals surface area contributed by atoms with Gasteiger partial charge in [-0.15, -0.1) is 0 Å². The normalized spacial score (nSPS) is 24.8. The van der Waals surface area contributed by atoms with Gasteiger partial charge < -0.3 is 19.4 Å². The highest BCUT2D eigenvalue weighted by Crippen LogP contribution is 2.31. The van der Waals surface area contributed by atoms with Gasteiger partial charge in [-0.1, -0.05) is 6.07 Å². The molecule has 1 saturated carbocycles. The van der Waals surface area contributed by atoms with Gasteiger partial charge in [0, 0.05) is 32.3 Å². The summed E-state index contributed by atoms with van der Waals surface area (Å²) in [4.78, 5) is 18.2. The summed E-state index contributed by atoms with van der Waals surface area (Å²) in [5.41, 5.74) is 3.23. The summed E-state index contributed by atoms with van der Waals surface area (Å²) in [5, 5.41) is 0. The molecular formula is C22H33N3O3. The number of aromatic amines is 1. The number of nitrogens with zero attached hydrogens (tertiary/aromatic N) is 2. The minimum absolute atomic E-state index is 0.0350. The number of nitrogens with one attached hydrogen (secondary N) is 1. The largest absolute Gasteiger partial charge is 0.382 e. The Bertz CT molecular complexity index is 827. The van der Waals surface area contributed by atoms with Crippen LogP contribution in [-0.4, -0.2) is 60.0 Å². The zero-order valence-corrected chi connectivity index (χ0v) is 17.2. The van der Waals surface area contributed by atoms with E-state index in [-0.39, 0.29) is 5.69 Å². The van der Waals surface area contributed by atoms with Crippen LogP contribution in [0.15, 0.2) is 23.0 Å². The number of hydrogen-bond acceptors (Lipinski definition) is 4. The van der Waals surface area contributed by atoms with Gasteiger partial charge in [-0.05, 0) is 63.1 Å². The summed E-state index contributed by atoms with van der Waals surface area (Å²) < 4.78 is 13.0. The first-order valence-corrected chi connectivity index (χ1v) is 10.7. The Morgan fingerprint density at radius 1 is 1.04 bits per heavy atom. The molecule has 2 heterocycles. The number of benzene rings is 1. The number of hydrogen-bond donors (Lipinski definition) is 1. The van der Waals surface area contributed by atoms with E-state index in [0.29, 0.717) is 31.4 Å². The fraction of sp³-hybridized carbons (Fsp3) is 0.682. The number of aromatic nitrogens is 2. The number of rotatable bonds is 6. The molecule has 28 heavy (non-hydrogen) atoms. The van der Waals surface area contributed by atoms with Crippen molar-refractivity contribution in [1.29, 1.82) is 0 Å². The highest BCUT2D eigenvalue weighted by molar-refractivity contribution is 5.76. The zero-order chi connectivity index (χ0) is 19.5. The molecule has 1 aliphatic heterocycles. The molecule has 1 aromatic heterocycles. The summed E-state index contributed by atoms with van der Waals surface area (Å²) in [5.74, 6) is 0. The van der Waals surface area contributed by atoms with Gasteiger partial charge in [-0.25, -0.2) is 4.79 Å². The Kier molecular flexibility index (Phi) is 6.19. The number of ether oxygens (including phenoxy) is 2. The fourth-order valence-corrected chi connectivity index (χ4v) is 4.98. The van der Waals surface area contributed by atoms with Crippen molar-refractivity contribution in [3.05, 3.63) is 34.2 Å². The van der Waals surface area contributed by atoms with Gasteiger partial charge in [0.25, 0.3) is 0 Å². The highest BCUT2D eigenvalue weighted by atomic mass is 16.5. The molecule has 4 rings (SSSR count). The number of piperidine rings is 1. The maximum atomic E-state index is 12.5. The maximum absolute atomic E-state index is 12.5. The molecule has 1 aromatic carbocycles. The smallest absolute Gasteiger partial charge is 0.326 e. The summed E-state index contributed by atoms with van der Waals surface area (Å²) in [7, 11) is 1.72. The van der Waals surface area contributed by atoms with Crippen LogP contribution in [0.5, 0.6) is 0 Å². The number of methoxy groups -OCH3 is 1. The quantitative estimate of drug-likeness (QED) is 0.773. The van der Waals surface area contributed by atoms with Crippen LogP contribution in [0, 0.1) is 6.92 Å². The summed E-state index contributed by atoms with van der Waals surface area (Å²) in [6, 6.07) is 7.17. The number of aryl methyl sites for hydroxylation is 1. The third-order valence-corrected chi connectivity index (χ3v) is 6.54. The minimum atomic E-state index is 0.0350. The first-order chi connectivity index (χ1) is 13.7. The van der Waals surface area contributed by atoms with E-state index in [1.165, 1.54) is 18.4 Å². The highest BCUT2D eigenvalue weighted by Gasteiger charge is 2.30. The first kappa shape index (κ1) is 19.7. The van der Waals surface area contributed by atoms with Crippen molar-refractivity contribution in [3.63, 3.8) is 0 Å². The molecule has 2 aliphatic rings. The van der Waals surface area contributed by atoms with E-state index >= 15 is 0 Å². The van der Waals surface area contributed by atoms with Crippen molar-refractivity contribution in [2.24, 2.45) is 0 Å². The Morgan fingerprint density at radius 3 is 2.50 bits per heavy atom. The zero-order valence-electron chi connectivity index (χ0n) is 17.2. The second kappa shape index (κ2) is 8.80. The molecule has 6 heteroatoms. The van der Waals surface area contributed by atoms with Gasteiger partial charge >= 0.3 is 5.69 Å². The predicted octanol–water partition coefficient (Wildman–Crippen LogP) is 3.25. The van der Waals surface area contributed by atoms with E-state index in [4.69, 9.17) is 9.47 Å². The van der Waals surface area contributed by atoms with Crippen LogP contribution in [0.4, 0.5) is 0 Å². The summed E-state index contributed by atoms with van der Waals surface area (Å²) in [6.45, 7) is 5.63. The van der Waals surface area contributed by atoms with E-state index in [2.05, 4.69) is 28.9 Å². The van der Waals surface area contributed by atoms with Crippen LogP contribution < -0.4 is 5.69 Å². The van der Waals surface area contributed by atoms with Gasteiger partial charge in [0.05, 0.1) is 30.4 Å². The molecule has 2 aromatic rings. The van der Waals surface area contributed by atoms with Crippen LogP contribution in [0.2, 0.25) is 0 Å². The molecule has 1 N–H and O–H groups in total. The summed E-state index contributed by atoms with van der Waals surface area (Å²) >= 11 is 0. The third-order valence-electron chi connectivity index (χ3n) is 6.54. The van der Waals surface area contributed by atoms with Gasteiger partial charge in [0.2, 0.25) is 0 Å². The van der Waals surface area contributed by atoms with Crippen molar-refractivity contribution in [1.82, 2.24) is 14.5 Å². The average molecular weight is 388 g/mol. The van der Waals surface area contributed by atoms with E-state index < -0.39 is 0 Å². The van der Waals surface area contributed by atoms with Crippen LogP contribution in [0.3, 0.4) is 0 Å².